The molecule has 3 aliphatic heterocycles. The molecule has 0 unspecified atom stereocenters. The molecule has 0 aliphatic carbocycles. The molecule has 146 valence electrons. The second-order valence-electron chi connectivity index (χ2n) is 8.14. The van der Waals surface area contributed by atoms with Crippen LogP contribution in [0.1, 0.15) is 56.7 Å². The Bertz CT molecular complexity index is 805. The van der Waals surface area contributed by atoms with Gasteiger partial charge in [-0.2, -0.15) is 0 Å². The number of pyridine rings is 1. The molecule has 1 aromatic heterocycles. The minimum absolute atomic E-state index is 0.0166. The van der Waals surface area contributed by atoms with Gasteiger partial charge in [0.1, 0.15) is 6.04 Å². The summed E-state index contributed by atoms with van der Waals surface area (Å²) in [4.78, 5) is 40.9. The molecule has 0 aromatic carbocycles. The second-order valence-corrected chi connectivity index (χ2v) is 8.14. The molecule has 4 atom stereocenters. The fourth-order valence-electron chi connectivity index (χ4n) is 5.39. The third kappa shape index (κ3) is 3.03. The summed E-state index contributed by atoms with van der Waals surface area (Å²) in [5.41, 5.74) is 6.58. The van der Waals surface area contributed by atoms with Gasteiger partial charge >= 0.3 is 6.03 Å². The van der Waals surface area contributed by atoms with Crippen LogP contribution in [0.25, 0.3) is 0 Å². The molecule has 7 heteroatoms. The lowest BCUT2D eigenvalue weighted by Crippen LogP contribution is -2.55. The smallest absolute Gasteiger partial charge is 0.315 e. The van der Waals surface area contributed by atoms with Gasteiger partial charge in [-0.25, -0.2) is 4.79 Å². The molecule has 27 heavy (non-hydrogen) atoms. The van der Waals surface area contributed by atoms with Crippen molar-refractivity contribution >= 4 is 11.9 Å². The largest absolute Gasteiger partial charge is 0.351 e. The van der Waals surface area contributed by atoms with Gasteiger partial charge in [-0.1, -0.05) is 19.4 Å². The summed E-state index contributed by atoms with van der Waals surface area (Å²) >= 11 is 0. The van der Waals surface area contributed by atoms with E-state index in [2.05, 4.69) is 6.92 Å². The summed E-state index contributed by atoms with van der Waals surface area (Å²) in [6, 6.07) is 4.70. The molecule has 2 bridgehead atoms. The summed E-state index contributed by atoms with van der Waals surface area (Å²) in [6.45, 7) is 3.96. The third-order valence-electron chi connectivity index (χ3n) is 6.52. The van der Waals surface area contributed by atoms with E-state index in [1.54, 1.807) is 6.07 Å². The van der Waals surface area contributed by atoms with E-state index in [1.165, 1.54) is 4.90 Å². The van der Waals surface area contributed by atoms with Gasteiger partial charge in [-0.15, -0.1) is 0 Å². The third-order valence-corrected chi connectivity index (χ3v) is 6.52. The number of aromatic nitrogens is 1. The quantitative estimate of drug-likeness (QED) is 0.875. The molecule has 2 saturated heterocycles. The Hall–Kier alpha value is -2.31. The van der Waals surface area contributed by atoms with E-state index in [9.17, 15) is 14.4 Å². The fraction of sp³-hybridized carbons (Fsp3) is 0.650. The highest BCUT2D eigenvalue weighted by atomic mass is 16.2. The van der Waals surface area contributed by atoms with Gasteiger partial charge in [0.2, 0.25) is 5.91 Å². The average Bonchev–Trinajstić information content (AvgIpc) is 3.15. The Morgan fingerprint density at radius 2 is 2.07 bits per heavy atom. The highest BCUT2D eigenvalue weighted by Crippen LogP contribution is 2.43. The Morgan fingerprint density at radius 1 is 1.26 bits per heavy atom. The maximum Gasteiger partial charge on any atom is 0.315 e. The lowest BCUT2D eigenvalue weighted by Gasteiger charge is -2.47. The van der Waals surface area contributed by atoms with Crippen molar-refractivity contribution in [2.45, 2.75) is 57.0 Å². The van der Waals surface area contributed by atoms with Crippen molar-refractivity contribution in [1.82, 2.24) is 14.4 Å². The summed E-state index contributed by atoms with van der Waals surface area (Å²) in [7, 11) is 0. The zero-order valence-corrected chi connectivity index (χ0v) is 15.8. The van der Waals surface area contributed by atoms with Gasteiger partial charge in [0, 0.05) is 43.4 Å². The molecule has 4 rings (SSSR count). The van der Waals surface area contributed by atoms with Crippen molar-refractivity contribution in [3.8, 4) is 0 Å². The van der Waals surface area contributed by atoms with Crippen LogP contribution in [0.3, 0.4) is 0 Å². The van der Waals surface area contributed by atoms with Crippen molar-refractivity contribution in [2.24, 2.45) is 11.7 Å². The minimum Gasteiger partial charge on any atom is -0.351 e. The number of urea groups is 1. The molecule has 0 saturated carbocycles. The van der Waals surface area contributed by atoms with E-state index in [-0.39, 0.29) is 29.3 Å². The number of fused-ring (bicyclic) bond motifs is 4. The first kappa shape index (κ1) is 18.1. The van der Waals surface area contributed by atoms with Crippen LogP contribution < -0.4 is 11.3 Å². The van der Waals surface area contributed by atoms with E-state index < -0.39 is 12.1 Å². The molecule has 2 N–H and O–H groups in total. The zero-order chi connectivity index (χ0) is 19.1. The Labute approximate surface area is 159 Å². The van der Waals surface area contributed by atoms with Gasteiger partial charge in [-0.3, -0.25) is 9.59 Å². The minimum atomic E-state index is -0.510. The van der Waals surface area contributed by atoms with Crippen LogP contribution in [0.2, 0.25) is 0 Å². The van der Waals surface area contributed by atoms with E-state index >= 15 is 0 Å². The first-order chi connectivity index (χ1) is 13.0. The van der Waals surface area contributed by atoms with Gasteiger partial charge in [0.25, 0.3) is 5.56 Å². The molecule has 0 radical (unpaired) electrons. The number of hydrogen-bond donors (Lipinski definition) is 1. The van der Waals surface area contributed by atoms with E-state index in [0.29, 0.717) is 26.1 Å². The van der Waals surface area contributed by atoms with Crippen LogP contribution in [0.4, 0.5) is 4.79 Å². The molecule has 3 amide bonds. The average molecular weight is 372 g/mol. The monoisotopic (exact) mass is 372 g/mol. The molecule has 0 spiro atoms. The number of nitrogens with two attached hydrogens (primary N) is 1. The highest BCUT2D eigenvalue weighted by Gasteiger charge is 2.44. The number of hydrogen-bond acceptors (Lipinski definition) is 3. The standard InChI is InChI=1S/C20H28N4O3/c1-2-5-15-13-10-14(16-6-3-8-18(25)24(15)16)12-22(11-13)19(26)17-7-4-9-23(17)20(21)27/h3,6,8,13-15,17H,2,4-5,7,9-12H2,1H3,(H2,21,27)/t13-,14+,15-,17-/m0/s1. The predicted molar refractivity (Wildman–Crippen MR) is 101 cm³/mol. The van der Waals surface area contributed by atoms with Crippen LogP contribution in [-0.4, -0.2) is 52.0 Å². The number of piperidine rings is 1. The van der Waals surface area contributed by atoms with Crippen LogP contribution in [0, 0.1) is 5.92 Å². The first-order valence-corrected chi connectivity index (χ1v) is 10.1. The Kier molecular flexibility index (Phi) is 4.70. The molecule has 2 fully saturated rings. The Morgan fingerprint density at radius 3 is 2.81 bits per heavy atom. The first-order valence-electron chi connectivity index (χ1n) is 10.1. The van der Waals surface area contributed by atoms with Crippen molar-refractivity contribution in [3.05, 3.63) is 34.2 Å². The number of nitrogens with zero attached hydrogens (tertiary/aromatic N) is 3. The van der Waals surface area contributed by atoms with Crippen LogP contribution in [-0.2, 0) is 4.79 Å². The maximum atomic E-state index is 13.2. The number of rotatable bonds is 3. The van der Waals surface area contributed by atoms with Crippen molar-refractivity contribution < 1.29 is 9.59 Å². The van der Waals surface area contributed by atoms with Gasteiger partial charge in [-0.05, 0) is 37.7 Å². The lowest BCUT2D eigenvalue weighted by atomic mass is 9.77. The lowest BCUT2D eigenvalue weighted by molar-refractivity contribution is -0.138. The molecular weight excluding hydrogens is 344 g/mol. The van der Waals surface area contributed by atoms with Crippen molar-refractivity contribution in [2.75, 3.05) is 19.6 Å². The highest BCUT2D eigenvalue weighted by molar-refractivity contribution is 5.87. The second kappa shape index (κ2) is 7.02. The molecular formula is C20H28N4O3. The molecule has 4 heterocycles. The van der Waals surface area contributed by atoms with E-state index in [0.717, 1.165) is 31.4 Å². The van der Waals surface area contributed by atoms with Crippen LogP contribution in [0.5, 0.6) is 0 Å². The number of primary amides is 1. The fourth-order valence-corrected chi connectivity index (χ4v) is 5.39. The number of carbonyl (C=O) groups excluding carboxylic acids is 2. The summed E-state index contributed by atoms with van der Waals surface area (Å²) < 4.78 is 1.98. The zero-order valence-electron chi connectivity index (χ0n) is 15.8. The van der Waals surface area contributed by atoms with E-state index in [4.69, 9.17) is 5.73 Å². The topological polar surface area (TPSA) is 88.6 Å². The number of amides is 3. The van der Waals surface area contributed by atoms with Crippen molar-refractivity contribution in [3.63, 3.8) is 0 Å². The van der Waals surface area contributed by atoms with Gasteiger partial charge in [0.15, 0.2) is 0 Å². The summed E-state index contributed by atoms with van der Waals surface area (Å²) in [5, 5.41) is 0. The van der Waals surface area contributed by atoms with Crippen molar-refractivity contribution in [1.29, 1.82) is 0 Å². The van der Waals surface area contributed by atoms with Crippen LogP contribution >= 0.6 is 0 Å². The van der Waals surface area contributed by atoms with E-state index in [1.807, 2.05) is 21.6 Å². The summed E-state index contributed by atoms with van der Waals surface area (Å²) in [6.07, 6.45) is 4.45. The maximum absolute atomic E-state index is 13.2. The van der Waals surface area contributed by atoms with Crippen LogP contribution in [0.15, 0.2) is 23.0 Å². The number of carbonyl (C=O) groups is 2. The molecule has 3 aliphatic rings. The summed E-state index contributed by atoms with van der Waals surface area (Å²) in [5.74, 6) is 0.477. The predicted octanol–water partition coefficient (Wildman–Crippen LogP) is 1.68. The normalized spacial score (nSPS) is 29.5. The number of likely N-dealkylation sites (tertiary alicyclic amines) is 2. The SMILES string of the molecule is CCC[C@H]1[C@H]2C[C@H](CN(C(=O)[C@@H]3CCCN3C(N)=O)C2)c2cccc(=O)n21. The van der Waals surface area contributed by atoms with Gasteiger partial charge < -0.3 is 20.1 Å². The Balaban J connectivity index is 1.63. The molecule has 1 aromatic rings. The van der Waals surface area contributed by atoms with Gasteiger partial charge in [0.05, 0.1) is 0 Å². The molecule has 7 nitrogen and oxygen atoms in total.